The van der Waals surface area contributed by atoms with Crippen LogP contribution in [0.2, 0.25) is 0 Å². The highest BCUT2D eigenvalue weighted by atomic mass is 127. The number of halogens is 1. The van der Waals surface area contributed by atoms with Crippen molar-refractivity contribution in [3.8, 4) is 0 Å². The summed E-state index contributed by atoms with van der Waals surface area (Å²) in [5.41, 5.74) is 1.05. The maximum absolute atomic E-state index is 10.1. The van der Waals surface area contributed by atoms with Crippen LogP contribution < -0.4 is 10.6 Å². The average molecular weight is 407 g/mol. The molecule has 2 aliphatic rings. The molecule has 5 heteroatoms. The van der Waals surface area contributed by atoms with Crippen molar-refractivity contribution in [1.82, 2.24) is 10.6 Å². The van der Waals surface area contributed by atoms with Crippen LogP contribution in [0.4, 0.5) is 0 Å². The second kappa shape index (κ2) is 9.66. The minimum atomic E-state index is -0.533. The average Bonchev–Trinajstić information content (AvgIpc) is 2.44. The van der Waals surface area contributed by atoms with Crippen LogP contribution in [0.5, 0.6) is 0 Å². The predicted octanol–water partition coefficient (Wildman–Crippen LogP) is 2.97. The molecule has 4 nitrogen and oxygen atoms in total. The SMILES string of the molecule is CCNC(=NCC1(O)CCC1)NCCC1=CCCCC1.I. The molecule has 2 aliphatic carbocycles. The lowest BCUT2D eigenvalue weighted by Gasteiger charge is -2.35. The molecule has 0 radical (unpaired) electrons. The normalized spacial score (nSPS) is 20.9. The number of hydrogen-bond donors (Lipinski definition) is 3. The highest BCUT2D eigenvalue weighted by molar-refractivity contribution is 14.0. The van der Waals surface area contributed by atoms with Gasteiger partial charge in [-0.05, 0) is 58.3 Å². The molecule has 122 valence electrons. The Labute approximate surface area is 145 Å². The van der Waals surface area contributed by atoms with Crippen molar-refractivity contribution in [2.45, 2.75) is 63.9 Å². The van der Waals surface area contributed by atoms with E-state index in [0.29, 0.717) is 6.54 Å². The zero-order valence-electron chi connectivity index (χ0n) is 13.2. The summed E-state index contributed by atoms with van der Waals surface area (Å²) < 4.78 is 0. The second-order valence-electron chi connectivity index (χ2n) is 6.06. The number of nitrogens with zero attached hydrogens (tertiary/aromatic N) is 1. The van der Waals surface area contributed by atoms with E-state index in [1.54, 1.807) is 5.57 Å². The molecule has 21 heavy (non-hydrogen) atoms. The summed E-state index contributed by atoms with van der Waals surface area (Å²) in [6.45, 7) is 4.37. The molecule has 0 unspecified atom stereocenters. The van der Waals surface area contributed by atoms with Gasteiger partial charge < -0.3 is 15.7 Å². The van der Waals surface area contributed by atoms with Crippen LogP contribution in [0.3, 0.4) is 0 Å². The van der Waals surface area contributed by atoms with Gasteiger partial charge in [0, 0.05) is 13.1 Å². The summed E-state index contributed by atoms with van der Waals surface area (Å²) in [7, 11) is 0. The fraction of sp³-hybridized carbons (Fsp3) is 0.812. The number of aliphatic hydroxyl groups is 1. The van der Waals surface area contributed by atoms with Gasteiger partial charge in [0.15, 0.2) is 5.96 Å². The van der Waals surface area contributed by atoms with Gasteiger partial charge in [-0.25, -0.2) is 0 Å². The van der Waals surface area contributed by atoms with Crippen molar-refractivity contribution in [3.05, 3.63) is 11.6 Å². The lowest BCUT2D eigenvalue weighted by molar-refractivity contribution is -0.0236. The molecule has 0 aromatic heterocycles. The van der Waals surface area contributed by atoms with Crippen molar-refractivity contribution >= 4 is 29.9 Å². The van der Waals surface area contributed by atoms with E-state index < -0.39 is 5.60 Å². The van der Waals surface area contributed by atoms with Gasteiger partial charge in [-0.15, -0.1) is 24.0 Å². The molecule has 0 atom stereocenters. The van der Waals surface area contributed by atoms with Crippen molar-refractivity contribution in [2.24, 2.45) is 4.99 Å². The Morgan fingerprint density at radius 1 is 1.29 bits per heavy atom. The van der Waals surface area contributed by atoms with Crippen LogP contribution in [0.25, 0.3) is 0 Å². The first-order chi connectivity index (χ1) is 9.72. The summed E-state index contributed by atoms with van der Waals surface area (Å²) in [6, 6.07) is 0. The van der Waals surface area contributed by atoms with E-state index in [4.69, 9.17) is 0 Å². The minimum absolute atomic E-state index is 0. The summed E-state index contributed by atoms with van der Waals surface area (Å²) in [5, 5.41) is 16.7. The van der Waals surface area contributed by atoms with Crippen LogP contribution in [0, 0.1) is 0 Å². The molecular formula is C16H30IN3O. The first-order valence-corrected chi connectivity index (χ1v) is 8.14. The van der Waals surface area contributed by atoms with Gasteiger partial charge in [-0.2, -0.15) is 0 Å². The van der Waals surface area contributed by atoms with Gasteiger partial charge in [0.25, 0.3) is 0 Å². The molecule has 0 aliphatic heterocycles. The lowest BCUT2D eigenvalue weighted by Crippen LogP contribution is -2.43. The number of nitrogens with one attached hydrogen (secondary N) is 2. The van der Waals surface area contributed by atoms with E-state index in [9.17, 15) is 5.11 Å². The van der Waals surface area contributed by atoms with Gasteiger partial charge in [0.05, 0.1) is 12.1 Å². The van der Waals surface area contributed by atoms with Crippen molar-refractivity contribution in [3.63, 3.8) is 0 Å². The molecule has 0 aromatic rings. The molecule has 2 rings (SSSR count). The van der Waals surface area contributed by atoms with Crippen molar-refractivity contribution in [1.29, 1.82) is 0 Å². The third-order valence-electron chi connectivity index (χ3n) is 4.28. The van der Waals surface area contributed by atoms with Gasteiger partial charge >= 0.3 is 0 Å². The monoisotopic (exact) mass is 407 g/mol. The van der Waals surface area contributed by atoms with Crippen molar-refractivity contribution in [2.75, 3.05) is 19.6 Å². The van der Waals surface area contributed by atoms with E-state index in [-0.39, 0.29) is 24.0 Å². The first-order valence-electron chi connectivity index (χ1n) is 8.14. The highest BCUT2D eigenvalue weighted by Gasteiger charge is 2.34. The predicted molar refractivity (Wildman–Crippen MR) is 99.4 cm³/mol. The molecule has 0 bridgehead atoms. The molecule has 0 spiro atoms. The highest BCUT2D eigenvalue weighted by Crippen LogP contribution is 2.31. The van der Waals surface area contributed by atoms with Crippen LogP contribution >= 0.6 is 24.0 Å². The summed E-state index contributed by atoms with van der Waals surface area (Å²) >= 11 is 0. The third-order valence-corrected chi connectivity index (χ3v) is 4.28. The van der Waals surface area contributed by atoms with Gasteiger partial charge in [0.1, 0.15) is 0 Å². The zero-order chi connectivity index (χ0) is 14.3. The van der Waals surface area contributed by atoms with E-state index in [2.05, 4.69) is 28.6 Å². The Balaban J connectivity index is 0.00000220. The van der Waals surface area contributed by atoms with Crippen LogP contribution in [-0.4, -0.2) is 36.3 Å². The minimum Gasteiger partial charge on any atom is -0.388 e. The molecule has 0 amide bonds. The molecule has 0 aromatic carbocycles. The molecule has 0 saturated heterocycles. The Bertz CT molecular complexity index is 365. The van der Waals surface area contributed by atoms with Gasteiger partial charge in [-0.1, -0.05) is 11.6 Å². The van der Waals surface area contributed by atoms with E-state index >= 15 is 0 Å². The maximum Gasteiger partial charge on any atom is 0.191 e. The first kappa shape index (κ1) is 18.7. The molecule has 3 N–H and O–H groups in total. The Morgan fingerprint density at radius 3 is 2.67 bits per heavy atom. The topological polar surface area (TPSA) is 56.7 Å². The Hall–Kier alpha value is -0.300. The molecule has 1 saturated carbocycles. The fourth-order valence-corrected chi connectivity index (χ4v) is 2.78. The van der Waals surface area contributed by atoms with Crippen LogP contribution in [0.15, 0.2) is 16.6 Å². The standard InChI is InChI=1S/C16H29N3O.HI/c1-2-17-15(19-13-16(20)10-6-11-16)18-12-9-14-7-4-3-5-8-14;/h7,20H,2-6,8-13H2,1H3,(H2,17,18,19);1H. The number of rotatable bonds is 6. The number of guanidine groups is 1. The molecule has 1 fully saturated rings. The van der Waals surface area contributed by atoms with Crippen LogP contribution in [0.1, 0.15) is 58.3 Å². The Morgan fingerprint density at radius 2 is 2.10 bits per heavy atom. The summed E-state index contributed by atoms with van der Waals surface area (Å²) in [5.74, 6) is 0.837. The fourth-order valence-electron chi connectivity index (χ4n) is 2.78. The summed E-state index contributed by atoms with van der Waals surface area (Å²) in [6.07, 6.45) is 11.6. The van der Waals surface area contributed by atoms with Gasteiger partial charge in [-0.3, -0.25) is 4.99 Å². The quantitative estimate of drug-likeness (QED) is 0.275. The zero-order valence-corrected chi connectivity index (χ0v) is 15.5. The third kappa shape index (κ3) is 6.55. The lowest BCUT2D eigenvalue weighted by atomic mass is 9.80. The van der Waals surface area contributed by atoms with E-state index in [1.807, 2.05) is 0 Å². The van der Waals surface area contributed by atoms with E-state index in [1.165, 1.54) is 25.7 Å². The van der Waals surface area contributed by atoms with Gasteiger partial charge in [0.2, 0.25) is 0 Å². The largest absolute Gasteiger partial charge is 0.388 e. The second-order valence-corrected chi connectivity index (χ2v) is 6.06. The Kier molecular flexibility index (Phi) is 8.63. The van der Waals surface area contributed by atoms with E-state index in [0.717, 1.165) is 44.7 Å². The maximum atomic E-state index is 10.1. The number of aliphatic imine (C=N–C) groups is 1. The number of hydrogen-bond acceptors (Lipinski definition) is 2. The molecule has 0 heterocycles. The summed E-state index contributed by atoms with van der Waals surface area (Å²) in [4.78, 5) is 4.51. The van der Waals surface area contributed by atoms with Crippen molar-refractivity contribution < 1.29 is 5.11 Å². The number of allylic oxidation sites excluding steroid dienone is 1. The van der Waals surface area contributed by atoms with Crippen LogP contribution in [-0.2, 0) is 0 Å². The molecular weight excluding hydrogens is 377 g/mol. The smallest absolute Gasteiger partial charge is 0.191 e.